The standard InChI is InChI=1S/C11H14BrClOS/c12-11-6-5-10(15-11)9(13)4-3-8-2-1-7-14-8/h5-6,8-9H,1-4,7H2. The van der Waals surface area contributed by atoms with Gasteiger partial charge in [-0.2, -0.15) is 0 Å². The van der Waals surface area contributed by atoms with Gasteiger partial charge < -0.3 is 4.74 Å². The second-order valence-corrected chi connectivity index (χ2v) is 6.84. The second kappa shape index (κ2) is 5.67. The van der Waals surface area contributed by atoms with Gasteiger partial charge in [0.2, 0.25) is 0 Å². The molecule has 1 nitrogen and oxygen atoms in total. The van der Waals surface area contributed by atoms with Crippen LogP contribution in [-0.2, 0) is 4.74 Å². The zero-order valence-electron chi connectivity index (χ0n) is 8.42. The van der Waals surface area contributed by atoms with Crippen molar-refractivity contribution in [3.05, 3.63) is 20.8 Å². The van der Waals surface area contributed by atoms with Crippen LogP contribution in [-0.4, -0.2) is 12.7 Å². The lowest BCUT2D eigenvalue weighted by Crippen LogP contribution is -2.05. The lowest BCUT2D eigenvalue weighted by molar-refractivity contribution is 0.102. The van der Waals surface area contributed by atoms with Crippen LogP contribution in [0.15, 0.2) is 15.9 Å². The molecule has 0 saturated carbocycles. The number of ether oxygens (including phenoxy) is 1. The Morgan fingerprint density at radius 3 is 3.07 bits per heavy atom. The van der Waals surface area contributed by atoms with E-state index in [0.717, 1.165) is 23.2 Å². The number of rotatable bonds is 4. The van der Waals surface area contributed by atoms with E-state index in [2.05, 4.69) is 28.1 Å². The van der Waals surface area contributed by atoms with Crippen molar-refractivity contribution in [3.8, 4) is 0 Å². The Hall–Kier alpha value is 0.430. The molecule has 2 atom stereocenters. The third-order valence-corrected chi connectivity index (χ3v) is 4.99. The highest BCUT2D eigenvalue weighted by molar-refractivity contribution is 9.11. The fourth-order valence-corrected chi connectivity index (χ4v) is 3.61. The van der Waals surface area contributed by atoms with Crippen molar-refractivity contribution in [2.45, 2.75) is 37.2 Å². The van der Waals surface area contributed by atoms with E-state index in [0.29, 0.717) is 6.10 Å². The summed E-state index contributed by atoms with van der Waals surface area (Å²) >= 11 is 11.5. The predicted molar refractivity (Wildman–Crippen MR) is 68.8 cm³/mol. The Morgan fingerprint density at radius 1 is 1.60 bits per heavy atom. The van der Waals surface area contributed by atoms with Crippen LogP contribution >= 0.6 is 38.9 Å². The zero-order chi connectivity index (χ0) is 10.7. The van der Waals surface area contributed by atoms with Crippen LogP contribution in [0.2, 0.25) is 0 Å². The number of thiophene rings is 1. The van der Waals surface area contributed by atoms with Gasteiger partial charge in [0, 0.05) is 11.5 Å². The Balaban J connectivity index is 1.79. The van der Waals surface area contributed by atoms with Gasteiger partial charge in [0.1, 0.15) is 0 Å². The van der Waals surface area contributed by atoms with Crippen molar-refractivity contribution in [2.75, 3.05) is 6.61 Å². The molecule has 2 rings (SSSR count). The summed E-state index contributed by atoms with van der Waals surface area (Å²) in [6, 6.07) is 4.16. The third-order valence-electron chi connectivity index (χ3n) is 2.67. The quantitative estimate of drug-likeness (QED) is 0.729. The van der Waals surface area contributed by atoms with Crippen molar-refractivity contribution in [1.29, 1.82) is 0 Å². The molecule has 0 radical (unpaired) electrons. The van der Waals surface area contributed by atoms with E-state index in [1.165, 1.54) is 17.7 Å². The van der Waals surface area contributed by atoms with E-state index in [4.69, 9.17) is 16.3 Å². The molecule has 15 heavy (non-hydrogen) atoms. The highest BCUT2D eigenvalue weighted by Crippen LogP contribution is 2.34. The molecular weight excluding hydrogens is 296 g/mol. The molecule has 0 amide bonds. The summed E-state index contributed by atoms with van der Waals surface area (Å²) in [5.41, 5.74) is 0. The third kappa shape index (κ3) is 3.45. The highest BCUT2D eigenvalue weighted by atomic mass is 79.9. The van der Waals surface area contributed by atoms with Gasteiger partial charge in [0.25, 0.3) is 0 Å². The number of hydrogen-bond acceptors (Lipinski definition) is 2. The Morgan fingerprint density at radius 2 is 2.47 bits per heavy atom. The van der Waals surface area contributed by atoms with Crippen LogP contribution in [0.3, 0.4) is 0 Å². The van der Waals surface area contributed by atoms with Crippen molar-refractivity contribution >= 4 is 38.9 Å². The monoisotopic (exact) mass is 308 g/mol. The van der Waals surface area contributed by atoms with Crippen molar-refractivity contribution < 1.29 is 4.74 Å². The minimum absolute atomic E-state index is 0.144. The fourth-order valence-electron chi connectivity index (χ4n) is 1.84. The van der Waals surface area contributed by atoms with Gasteiger partial charge in [0.15, 0.2) is 0 Å². The van der Waals surface area contributed by atoms with Gasteiger partial charge in [-0.1, -0.05) is 0 Å². The number of halogens is 2. The fraction of sp³-hybridized carbons (Fsp3) is 0.636. The molecule has 4 heteroatoms. The van der Waals surface area contributed by atoms with Gasteiger partial charge in [-0.15, -0.1) is 22.9 Å². The van der Waals surface area contributed by atoms with Crippen molar-refractivity contribution in [2.24, 2.45) is 0 Å². The molecule has 2 unspecified atom stereocenters. The van der Waals surface area contributed by atoms with Gasteiger partial charge in [-0.05, 0) is 53.7 Å². The Labute approximate surface area is 108 Å². The van der Waals surface area contributed by atoms with E-state index < -0.39 is 0 Å². The first kappa shape index (κ1) is 11.9. The van der Waals surface area contributed by atoms with Crippen LogP contribution in [0.1, 0.15) is 35.9 Å². The number of alkyl halides is 1. The maximum absolute atomic E-state index is 6.33. The number of hydrogen-bond donors (Lipinski definition) is 0. The smallest absolute Gasteiger partial charge is 0.0701 e. The summed E-state index contributed by atoms with van der Waals surface area (Å²) < 4.78 is 6.73. The Kier molecular flexibility index (Phi) is 4.50. The van der Waals surface area contributed by atoms with Crippen LogP contribution in [0, 0.1) is 0 Å². The lowest BCUT2D eigenvalue weighted by Gasteiger charge is -2.11. The van der Waals surface area contributed by atoms with E-state index in [1.807, 2.05) is 0 Å². The van der Waals surface area contributed by atoms with Crippen LogP contribution in [0.25, 0.3) is 0 Å². The van der Waals surface area contributed by atoms with Crippen LogP contribution in [0.4, 0.5) is 0 Å². The largest absolute Gasteiger partial charge is 0.378 e. The minimum Gasteiger partial charge on any atom is -0.378 e. The van der Waals surface area contributed by atoms with Gasteiger partial charge >= 0.3 is 0 Å². The first-order valence-corrected chi connectivity index (χ1v) is 7.31. The molecule has 1 saturated heterocycles. The molecule has 1 aromatic heterocycles. The Bertz CT molecular complexity index is 309. The highest BCUT2D eigenvalue weighted by Gasteiger charge is 2.18. The molecule has 0 aromatic carbocycles. The molecule has 0 bridgehead atoms. The maximum Gasteiger partial charge on any atom is 0.0701 e. The molecule has 0 aliphatic carbocycles. The second-order valence-electron chi connectivity index (χ2n) is 3.82. The lowest BCUT2D eigenvalue weighted by atomic mass is 10.1. The SMILES string of the molecule is ClC(CCC1CCCO1)c1ccc(Br)s1. The molecular formula is C11H14BrClOS. The zero-order valence-corrected chi connectivity index (χ0v) is 11.6. The summed E-state index contributed by atoms with van der Waals surface area (Å²) in [7, 11) is 0. The summed E-state index contributed by atoms with van der Waals surface area (Å²) in [6.07, 6.45) is 4.97. The minimum atomic E-state index is 0.144. The van der Waals surface area contributed by atoms with E-state index >= 15 is 0 Å². The van der Waals surface area contributed by atoms with Gasteiger partial charge in [0.05, 0.1) is 15.3 Å². The van der Waals surface area contributed by atoms with Gasteiger partial charge in [-0.3, -0.25) is 0 Å². The van der Waals surface area contributed by atoms with E-state index in [-0.39, 0.29) is 5.38 Å². The first-order chi connectivity index (χ1) is 7.25. The summed E-state index contributed by atoms with van der Waals surface area (Å²) in [5, 5.41) is 0.144. The molecule has 1 aromatic rings. The normalized spacial score (nSPS) is 23.2. The summed E-state index contributed by atoms with van der Waals surface area (Å²) in [6.45, 7) is 0.933. The van der Waals surface area contributed by atoms with E-state index in [1.54, 1.807) is 11.3 Å². The molecule has 1 aliphatic heterocycles. The molecule has 84 valence electrons. The molecule has 1 fully saturated rings. The average molecular weight is 310 g/mol. The maximum atomic E-state index is 6.33. The summed E-state index contributed by atoms with van der Waals surface area (Å²) in [5.74, 6) is 0. The summed E-state index contributed by atoms with van der Waals surface area (Å²) in [4.78, 5) is 1.25. The molecule has 0 spiro atoms. The topological polar surface area (TPSA) is 9.23 Å². The van der Waals surface area contributed by atoms with Crippen LogP contribution in [0.5, 0.6) is 0 Å². The van der Waals surface area contributed by atoms with Gasteiger partial charge in [-0.25, -0.2) is 0 Å². The molecule has 1 aliphatic rings. The first-order valence-electron chi connectivity index (χ1n) is 5.26. The average Bonchev–Trinajstić information content (AvgIpc) is 2.84. The molecule has 0 N–H and O–H groups in total. The van der Waals surface area contributed by atoms with Crippen molar-refractivity contribution in [1.82, 2.24) is 0 Å². The van der Waals surface area contributed by atoms with Crippen LogP contribution < -0.4 is 0 Å². The van der Waals surface area contributed by atoms with E-state index in [9.17, 15) is 0 Å². The van der Waals surface area contributed by atoms with Crippen molar-refractivity contribution in [3.63, 3.8) is 0 Å². The molecule has 2 heterocycles. The predicted octanol–water partition coefficient (Wildman–Crippen LogP) is 4.75.